The van der Waals surface area contributed by atoms with Gasteiger partial charge in [-0.05, 0) is 44.6 Å². The number of aryl methyl sites for hydroxylation is 1. The molecule has 5 nitrogen and oxygen atoms in total. The van der Waals surface area contributed by atoms with Gasteiger partial charge in [0.15, 0.2) is 5.69 Å². The first-order chi connectivity index (χ1) is 8.79. The van der Waals surface area contributed by atoms with Crippen LogP contribution in [-0.4, -0.2) is 28.7 Å². The third-order valence-electron chi connectivity index (χ3n) is 4.30. The average molecular weight is 248 g/mol. The average Bonchev–Trinajstić information content (AvgIpc) is 3.03. The molecular weight excluding hydrogens is 228 g/mol. The number of fused-ring (bicyclic) bond motifs is 1. The summed E-state index contributed by atoms with van der Waals surface area (Å²) in [6.45, 7) is 0.656. The summed E-state index contributed by atoms with van der Waals surface area (Å²) in [5.41, 5.74) is 8.60. The van der Waals surface area contributed by atoms with Crippen molar-refractivity contribution in [2.24, 2.45) is 11.7 Å². The van der Waals surface area contributed by atoms with Crippen LogP contribution >= 0.6 is 0 Å². The summed E-state index contributed by atoms with van der Waals surface area (Å²) in [6, 6.07) is 0.233. The SMILES string of the molecule is NCC1CCCC1NC(=O)c1n[nH]c2c1CCC2. The van der Waals surface area contributed by atoms with Crippen LogP contribution < -0.4 is 11.1 Å². The van der Waals surface area contributed by atoms with Crippen LogP contribution in [0.2, 0.25) is 0 Å². The van der Waals surface area contributed by atoms with E-state index in [1.165, 1.54) is 0 Å². The van der Waals surface area contributed by atoms with E-state index in [1.807, 2.05) is 0 Å². The van der Waals surface area contributed by atoms with E-state index in [2.05, 4.69) is 15.5 Å². The number of aromatic nitrogens is 2. The largest absolute Gasteiger partial charge is 0.348 e. The maximum absolute atomic E-state index is 12.2. The first-order valence-electron chi connectivity index (χ1n) is 6.86. The summed E-state index contributed by atoms with van der Waals surface area (Å²) < 4.78 is 0. The van der Waals surface area contributed by atoms with E-state index >= 15 is 0 Å². The number of carbonyl (C=O) groups is 1. The second-order valence-corrected chi connectivity index (χ2v) is 5.39. The summed E-state index contributed by atoms with van der Waals surface area (Å²) in [5, 5.41) is 10.3. The van der Waals surface area contributed by atoms with Crippen molar-refractivity contribution >= 4 is 5.91 Å². The van der Waals surface area contributed by atoms with Gasteiger partial charge in [0.25, 0.3) is 5.91 Å². The molecule has 2 aliphatic carbocycles. The van der Waals surface area contributed by atoms with Crippen LogP contribution in [-0.2, 0) is 12.8 Å². The van der Waals surface area contributed by atoms with Crippen molar-refractivity contribution in [3.63, 3.8) is 0 Å². The molecule has 5 heteroatoms. The molecule has 98 valence electrons. The van der Waals surface area contributed by atoms with E-state index in [4.69, 9.17) is 5.73 Å². The maximum Gasteiger partial charge on any atom is 0.272 e. The molecule has 18 heavy (non-hydrogen) atoms. The fourth-order valence-electron chi connectivity index (χ4n) is 3.25. The lowest BCUT2D eigenvalue weighted by molar-refractivity contribution is 0.0922. The molecule has 1 saturated carbocycles. The number of hydrogen-bond donors (Lipinski definition) is 3. The van der Waals surface area contributed by atoms with Crippen LogP contribution in [0.4, 0.5) is 0 Å². The van der Waals surface area contributed by atoms with Gasteiger partial charge in [-0.2, -0.15) is 5.10 Å². The molecule has 1 aromatic rings. The molecule has 0 spiro atoms. The van der Waals surface area contributed by atoms with Crippen LogP contribution in [0.5, 0.6) is 0 Å². The molecule has 1 aromatic heterocycles. The Morgan fingerprint density at radius 2 is 2.28 bits per heavy atom. The Labute approximate surface area is 107 Å². The summed E-state index contributed by atoms with van der Waals surface area (Å²) in [5.74, 6) is 0.403. The molecule has 0 radical (unpaired) electrons. The molecule has 0 bridgehead atoms. The highest BCUT2D eigenvalue weighted by atomic mass is 16.2. The Balaban J connectivity index is 1.71. The molecule has 2 atom stereocenters. The normalized spacial score (nSPS) is 26.3. The molecule has 2 unspecified atom stereocenters. The highest BCUT2D eigenvalue weighted by Crippen LogP contribution is 2.26. The van der Waals surface area contributed by atoms with Gasteiger partial charge in [-0.1, -0.05) is 6.42 Å². The quantitative estimate of drug-likeness (QED) is 0.738. The molecule has 2 aliphatic rings. The fourth-order valence-corrected chi connectivity index (χ4v) is 3.25. The van der Waals surface area contributed by atoms with Crippen molar-refractivity contribution in [2.75, 3.05) is 6.54 Å². The third kappa shape index (κ3) is 1.92. The number of nitrogens with two attached hydrogens (primary N) is 1. The molecule has 3 rings (SSSR count). The van der Waals surface area contributed by atoms with Crippen LogP contribution in [0.15, 0.2) is 0 Å². The highest BCUT2D eigenvalue weighted by Gasteiger charge is 2.30. The molecule has 1 amide bonds. The number of rotatable bonds is 3. The van der Waals surface area contributed by atoms with E-state index in [0.29, 0.717) is 18.2 Å². The second kappa shape index (κ2) is 4.72. The van der Waals surface area contributed by atoms with Crippen molar-refractivity contribution in [3.8, 4) is 0 Å². The Morgan fingerprint density at radius 1 is 1.39 bits per heavy atom. The summed E-state index contributed by atoms with van der Waals surface area (Å²) in [4.78, 5) is 12.2. The molecule has 0 saturated heterocycles. The minimum atomic E-state index is -0.0280. The topological polar surface area (TPSA) is 83.8 Å². The molecule has 1 heterocycles. The molecule has 1 fully saturated rings. The number of hydrogen-bond acceptors (Lipinski definition) is 3. The zero-order valence-corrected chi connectivity index (χ0v) is 10.5. The van der Waals surface area contributed by atoms with Crippen LogP contribution in [0.3, 0.4) is 0 Å². The first-order valence-corrected chi connectivity index (χ1v) is 6.86. The van der Waals surface area contributed by atoms with Crippen LogP contribution in [0, 0.1) is 5.92 Å². The third-order valence-corrected chi connectivity index (χ3v) is 4.30. The van der Waals surface area contributed by atoms with Gasteiger partial charge in [-0.3, -0.25) is 9.89 Å². The van der Waals surface area contributed by atoms with E-state index in [-0.39, 0.29) is 11.9 Å². The minimum Gasteiger partial charge on any atom is -0.348 e. The monoisotopic (exact) mass is 248 g/mol. The second-order valence-electron chi connectivity index (χ2n) is 5.39. The number of aromatic amines is 1. The van der Waals surface area contributed by atoms with Crippen molar-refractivity contribution < 1.29 is 4.79 Å². The number of nitrogens with zero attached hydrogens (tertiary/aromatic N) is 1. The van der Waals surface area contributed by atoms with Gasteiger partial charge in [0.2, 0.25) is 0 Å². The van der Waals surface area contributed by atoms with Gasteiger partial charge in [0.05, 0.1) is 0 Å². The van der Waals surface area contributed by atoms with Crippen LogP contribution in [0.1, 0.15) is 47.4 Å². The Hall–Kier alpha value is -1.36. The van der Waals surface area contributed by atoms with Gasteiger partial charge in [-0.15, -0.1) is 0 Å². The summed E-state index contributed by atoms with van der Waals surface area (Å²) >= 11 is 0. The summed E-state index contributed by atoms with van der Waals surface area (Å²) in [6.07, 6.45) is 6.44. The first kappa shape index (κ1) is 11.7. The van der Waals surface area contributed by atoms with Crippen LogP contribution in [0.25, 0.3) is 0 Å². The Morgan fingerprint density at radius 3 is 3.11 bits per heavy atom. The van der Waals surface area contributed by atoms with Gasteiger partial charge in [0.1, 0.15) is 0 Å². The molecule has 0 aromatic carbocycles. The van der Waals surface area contributed by atoms with Crippen molar-refractivity contribution in [3.05, 3.63) is 17.0 Å². The van der Waals surface area contributed by atoms with Crippen molar-refractivity contribution in [1.82, 2.24) is 15.5 Å². The number of amides is 1. The minimum absolute atomic E-state index is 0.0280. The van der Waals surface area contributed by atoms with Gasteiger partial charge in [0, 0.05) is 17.3 Å². The fraction of sp³-hybridized carbons (Fsp3) is 0.692. The van der Waals surface area contributed by atoms with Gasteiger partial charge >= 0.3 is 0 Å². The number of carbonyl (C=O) groups excluding carboxylic acids is 1. The standard InChI is InChI=1S/C13H20N4O/c14-7-8-3-1-5-10(8)15-13(18)12-9-4-2-6-11(9)16-17-12/h8,10H,1-7,14H2,(H,15,18)(H,16,17). The molecule has 0 aliphatic heterocycles. The maximum atomic E-state index is 12.2. The predicted octanol–water partition coefficient (Wildman–Crippen LogP) is 0.756. The zero-order chi connectivity index (χ0) is 12.5. The van der Waals surface area contributed by atoms with E-state index in [9.17, 15) is 4.79 Å². The van der Waals surface area contributed by atoms with Gasteiger partial charge in [-0.25, -0.2) is 0 Å². The molecule has 4 N–H and O–H groups in total. The highest BCUT2D eigenvalue weighted by molar-refractivity contribution is 5.94. The number of nitrogens with one attached hydrogen (secondary N) is 2. The number of H-pyrrole nitrogens is 1. The van der Waals surface area contributed by atoms with Crippen molar-refractivity contribution in [1.29, 1.82) is 0 Å². The van der Waals surface area contributed by atoms with Gasteiger partial charge < -0.3 is 11.1 Å². The van der Waals surface area contributed by atoms with E-state index in [1.54, 1.807) is 0 Å². The zero-order valence-electron chi connectivity index (χ0n) is 10.5. The predicted molar refractivity (Wildman–Crippen MR) is 68.3 cm³/mol. The Bertz CT molecular complexity index is 454. The smallest absolute Gasteiger partial charge is 0.272 e. The molecular formula is C13H20N4O. The lowest BCUT2D eigenvalue weighted by atomic mass is 10.0. The van der Waals surface area contributed by atoms with E-state index < -0.39 is 0 Å². The lowest BCUT2D eigenvalue weighted by Gasteiger charge is -2.19. The Kier molecular flexibility index (Phi) is 3.07. The summed E-state index contributed by atoms with van der Waals surface area (Å²) in [7, 11) is 0. The van der Waals surface area contributed by atoms with Crippen molar-refractivity contribution in [2.45, 2.75) is 44.6 Å². The lowest BCUT2D eigenvalue weighted by Crippen LogP contribution is -2.40. The van der Waals surface area contributed by atoms with E-state index in [0.717, 1.165) is 49.8 Å².